The third-order valence-electron chi connectivity index (χ3n) is 5.74. The molecule has 3 heterocycles. The highest BCUT2D eigenvalue weighted by atomic mass is 35.5. The van der Waals surface area contributed by atoms with Crippen LogP contribution < -0.4 is 10.9 Å². The molecule has 0 saturated carbocycles. The standard InChI is InChI=1S/C24H22ClN3O4S3/c1-2-32-23(31)19-15-4-3-5-17(15)35-21(19)27-18(29)12-34-24-26-16-10-11-33-20(16)22(30)28(24)14-8-6-13(25)7-9-14/h6-9H,2-5,10-12H2,1H3,(H,27,29). The number of nitrogens with one attached hydrogen (secondary N) is 1. The van der Waals surface area contributed by atoms with Gasteiger partial charge in [0.2, 0.25) is 5.91 Å². The molecular formula is C24H22ClN3O4S3. The number of amides is 1. The van der Waals surface area contributed by atoms with Crippen LogP contribution in [0.2, 0.25) is 5.02 Å². The second kappa shape index (κ2) is 10.4. The lowest BCUT2D eigenvalue weighted by molar-refractivity contribution is -0.113. The lowest BCUT2D eigenvalue weighted by atomic mass is 10.1. The lowest BCUT2D eigenvalue weighted by Crippen LogP contribution is -2.24. The highest BCUT2D eigenvalue weighted by Gasteiger charge is 2.29. The van der Waals surface area contributed by atoms with Crippen molar-refractivity contribution in [3.05, 3.63) is 61.3 Å². The number of hydrogen-bond acceptors (Lipinski definition) is 8. The molecule has 0 unspecified atom stereocenters. The van der Waals surface area contributed by atoms with Crippen molar-refractivity contribution < 1.29 is 14.3 Å². The number of nitrogens with zero attached hydrogens (tertiary/aromatic N) is 2. The topological polar surface area (TPSA) is 90.3 Å². The van der Waals surface area contributed by atoms with E-state index in [0.717, 1.165) is 47.6 Å². The van der Waals surface area contributed by atoms with E-state index in [2.05, 4.69) is 5.32 Å². The molecule has 5 rings (SSSR count). The summed E-state index contributed by atoms with van der Waals surface area (Å²) in [6, 6.07) is 6.97. The van der Waals surface area contributed by atoms with Crippen molar-refractivity contribution in [3.8, 4) is 5.69 Å². The van der Waals surface area contributed by atoms with Crippen LogP contribution in [0.15, 0.2) is 39.1 Å². The number of ether oxygens (including phenoxy) is 1. The van der Waals surface area contributed by atoms with E-state index in [-0.39, 0.29) is 23.8 Å². The number of thiophene rings is 1. The van der Waals surface area contributed by atoms with Gasteiger partial charge >= 0.3 is 5.97 Å². The Morgan fingerprint density at radius 2 is 2.03 bits per heavy atom. The van der Waals surface area contributed by atoms with Gasteiger partial charge in [-0.15, -0.1) is 23.1 Å². The van der Waals surface area contributed by atoms with E-state index in [1.54, 1.807) is 31.2 Å². The molecule has 0 spiro atoms. The van der Waals surface area contributed by atoms with Gasteiger partial charge in [-0.1, -0.05) is 23.4 Å². The molecule has 1 N–H and O–H groups in total. The molecule has 0 radical (unpaired) electrons. The Kier molecular flexibility index (Phi) is 7.24. The van der Waals surface area contributed by atoms with Crippen molar-refractivity contribution >= 4 is 63.3 Å². The first kappa shape index (κ1) is 24.4. The second-order valence-corrected chi connectivity index (χ2v) is 11.6. The number of aryl methyl sites for hydroxylation is 2. The van der Waals surface area contributed by atoms with Gasteiger partial charge in [0.05, 0.1) is 34.2 Å². The average Bonchev–Trinajstić information content (AvgIpc) is 3.55. The molecule has 2 aliphatic rings. The van der Waals surface area contributed by atoms with Crippen LogP contribution in [0.5, 0.6) is 0 Å². The lowest BCUT2D eigenvalue weighted by Gasteiger charge is -2.14. The maximum atomic E-state index is 13.3. The first-order valence-corrected chi connectivity index (χ1v) is 14.4. The van der Waals surface area contributed by atoms with Crippen LogP contribution in [0, 0.1) is 0 Å². The smallest absolute Gasteiger partial charge is 0.341 e. The van der Waals surface area contributed by atoms with Crippen LogP contribution in [0.25, 0.3) is 5.69 Å². The van der Waals surface area contributed by atoms with Crippen LogP contribution in [-0.2, 0) is 28.8 Å². The third-order valence-corrected chi connectivity index (χ3v) is 9.24. The summed E-state index contributed by atoms with van der Waals surface area (Å²) in [5.41, 5.74) is 2.75. The largest absolute Gasteiger partial charge is 0.462 e. The van der Waals surface area contributed by atoms with Gasteiger partial charge in [0, 0.05) is 22.1 Å². The Labute approximate surface area is 219 Å². The van der Waals surface area contributed by atoms with Crippen molar-refractivity contribution in [1.29, 1.82) is 0 Å². The normalized spacial score (nSPS) is 14.0. The maximum absolute atomic E-state index is 13.3. The minimum atomic E-state index is -0.399. The van der Waals surface area contributed by atoms with E-state index in [0.29, 0.717) is 31.3 Å². The number of hydrogen-bond donors (Lipinski definition) is 1. The predicted molar refractivity (Wildman–Crippen MR) is 141 cm³/mol. The van der Waals surface area contributed by atoms with E-state index in [1.165, 1.54) is 39.4 Å². The molecule has 1 amide bonds. The molecule has 1 aliphatic heterocycles. The van der Waals surface area contributed by atoms with E-state index < -0.39 is 5.97 Å². The van der Waals surface area contributed by atoms with Crippen LogP contribution in [0.1, 0.15) is 39.8 Å². The zero-order valence-electron chi connectivity index (χ0n) is 18.9. The van der Waals surface area contributed by atoms with E-state index in [4.69, 9.17) is 21.3 Å². The summed E-state index contributed by atoms with van der Waals surface area (Å²) in [7, 11) is 0. The number of rotatable bonds is 7. The molecule has 0 atom stereocenters. The molecule has 7 nitrogen and oxygen atoms in total. The van der Waals surface area contributed by atoms with E-state index in [1.807, 2.05) is 0 Å². The minimum Gasteiger partial charge on any atom is -0.462 e. The zero-order valence-corrected chi connectivity index (χ0v) is 22.1. The molecule has 1 aromatic carbocycles. The summed E-state index contributed by atoms with van der Waals surface area (Å²) >= 11 is 10.2. The Morgan fingerprint density at radius 1 is 1.23 bits per heavy atom. The summed E-state index contributed by atoms with van der Waals surface area (Å²) in [6.07, 6.45) is 3.44. The van der Waals surface area contributed by atoms with E-state index in [9.17, 15) is 14.4 Å². The molecule has 1 aliphatic carbocycles. The first-order valence-electron chi connectivity index (χ1n) is 11.2. The fraction of sp³-hybridized carbons (Fsp3) is 0.333. The molecule has 0 fully saturated rings. The summed E-state index contributed by atoms with van der Waals surface area (Å²) in [6.45, 7) is 2.04. The number of thioether (sulfide) groups is 2. The fourth-order valence-corrected chi connectivity index (χ4v) is 7.48. The minimum absolute atomic E-state index is 0.0385. The van der Waals surface area contributed by atoms with Crippen LogP contribution in [-0.4, -0.2) is 39.5 Å². The maximum Gasteiger partial charge on any atom is 0.341 e. The highest BCUT2D eigenvalue weighted by Crippen LogP contribution is 2.39. The molecular weight excluding hydrogens is 526 g/mol. The fourth-order valence-electron chi connectivity index (χ4n) is 4.21. The first-order chi connectivity index (χ1) is 17.0. The number of anilines is 1. The summed E-state index contributed by atoms with van der Waals surface area (Å²) in [4.78, 5) is 45.3. The summed E-state index contributed by atoms with van der Waals surface area (Å²) in [5, 5.41) is 4.46. The van der Waals surface area contributed by atoms with Gasteiger partial charge in [-0.25, -0.2) is 9.78 Å². The van der Waals surface area contributed by atoms with Crippen molar-refractivity contribution in [3.63, 3.8) is 0 Å². The van der Waals surface area contributed by atoms with Crippen LogP contribution in [0.4, 0.5) is 5.00 Å². The van der Waals surface area contributed by atoms with Gasteiger partial charge in [-0.3, -0.25) is 14.2 Å². The number of carbonyl (C=O) groups excluding carboxylic acids is 2. The number of fused-ring (bicyclic) bond motifs is 2. The van der Waals surface area contributed by atoms with Gasteiger partial charge in [0.25, 0.3) is 5.56 Å². The molecule has 3 aromatic rings. The van der Waals surface area contributed by atoms with Gasteiger partial charge in [-0.05, 0) is 56.0 Å². The monoisotopic (exact) mass is 547 g/mol. The average molecular weight is 548 g/mol. The molecule has 0 saturated heterocycles. The van der Waals surface area contributed by atoms with Crippen LogP contribution in [0.3, 0.4) is 0 Å². The van der Waals surface area contributed by atoms with E-state index >= 15 is 0 Å². The number of aromatic nitrogens is 2. The molecule has 0 bridgehead atoms. The quantitative estimate of drug-likeness (QED) is 0.253. The zero-order chi connectivity index (χ0) is 24.5. The van der Waals surface area contributed by atoms with Crippen molar-refractivity contribution in [2.75, 3.05) is 23.4 Å². The van der Waals surface area contributed by atoms with Crippen molar-refractivity contribution in [1.82, 2.24) is 9.55 Å². The Hall–Kier alpha value is -2.27. The number of esters is 1. The SMILES string of the molecule is CCOC(=O)c1c(NC(=O)CSc2nc3c(c(=O)n2-c2ccc(Cl)cc2)SCC3)sc2c1CCC2. The molecule has 35 heavy (non-hydrogen) atoms. The Balaban J connectivity index is 1.39. The van der Waals surface area contributed by atoms with Crippen LogP contribution >= 0.6 is 46.5 Å². The highest BCUT2D eigenvalue weighted by molar-refractivity contribution is 8.00. The van der Waals surface area contributed by atoms with Gasteiger partial charge in [0.1, 0.15) is 5.00 Å². The van der Waals surface area contributed by atoms with Gasteiger partial charge in [-0.2, -0.15) is 0 Å². The van der Waals surface area contributed by atoms with Crippen molar-refractivity contribution in [2.45, 2.75) is 42.7 Å². The number of carbonyl (C=O) groups is 2. The Morgan fingerprint density at radius 3 is 2.80 bits per heavy atom. The molecule has 11 heteroatoms. The number of halogens is 1. The molecule has 182 valence electrons. The van der Waals surface area contributed by atoms with Gasteiger partial charge in [0.15, 0.2) is 5.16 Å². The van der Waals surface area contributed by atoms with Gasteiger partial charge < -0.3 is 10.1 Å². The second-order valence-electron chi connectivity index (χ2n) is 8.00. The third kappa shape index (κ3) is 4.89. The Bertz CT molecular complexity index is 1370. The molecule has 2 aromatic heterocycles. The van der Waals surface area contributed by atoms with Crippen molar-refractivity contribution in [2.24, 2.45) is 0 Å². The summed E-state index contributed by atoms with van der Waals surface area (Å²) < 4.78 is 6.78. The predicted octanol–water partition coefficient (Wildman–Crippen LogP) is 4.99. The number of benzene rings is 1. The summed E-state index contributed by atoms with van der Waals surface area (Å²) in [5.74, 6) is 0.181.